The van der Waals surface area contributed by atoms with Gasteiger partial charge < -0.3 is 30.0 Å². The molecule has 3 N–H and O–H groups in total. The van der Waals surface area contributed by atoms with Crippen molar-refractivity contribution in [3.8, 4) is 23.1 Å². The Bertz CT molecular complexity index is 1670. The van der Waals surface area contributed by atoms with Crippen LogP contribution >= 0.6 is 0 Å². The Labute approximate surface area is 227 Å². The SMILES string of the molecule is COc1cc2nccc(Oc3ccc(NC(=O)C4=CNC(C)=C(c5ccc(F)cn5)C4O)cc3F)c2nc1OC. The number of rotatable bonds is 7. The van der Waals surface area contributed by atoms with Crippen LogP contribution in [0.2, 0.25) is 0 Å². The minimum Gasteiger partial charge on any atom is -0.491 e. The first kappa shape index (κ1) is 26.5. The lowest BCUT2D eigenvalue weighted by Gasteiger charge is -2.25. The second-order valence-corrected chi connectivity index (χ2v) is 8.63. The molecule has 0 saturated heterocycles. The molecular weight excluding hydrogens is 524 g/mol. The van der Waals surface area contributed by atoms with Crippen LogP contribution < -0.4 is 24.8 Å². The molecule has 5 rings (SSSR count). The second-order valence-electron chi connectivity index (χ2n) is 8.63. The Morgan fingerprint density at radius 3 is 2.55 bits per heavy atom. The van der Waals surface area contributed by atoms with E-state index < -0.39 is 23.6 Å². The number of nitrogens with zero attached hydrogens (tertiary/aromatic N) is 3. The Morgan fingerprint density at radius 1 is 1.02 bits per heavy atom. The highest BCUT2D eigenvalue weighted by molar-refractivity contribution is 6.07. The molecule has 1 aliphatic heterocycles. The molecule has 4 aromatic rings. The summed E-state index contributed by atoms with van der Waals surface area (Å²) in [7, 11) is 2.92. The lowest BCUT2D eigenvalue weighted by Crippen LogP contribution is -2.31. The number of aromatic nitrogens is 3. The van der Waals surface area contributed by atoms with Gasteiger partial charge in [0.25, 0.3) is 11.8 Å². The van der Waals surface area contributed by atoms with Gasteiger partial charge >= 0.3 is 0 Å². The van der Waals surface area contributed by atoms with Crippen molar-refractivity contribution >= 4 is 28.2 Å². The monoisotopic (exact) mass is 547 g/mol. The van der Waals surface area contributed by atoms with E-state index in [0.717, 1.165) is 12.3 Å². The number of pyridine rings is 3. The summed E-state index contributed by atoms with van der Waals surface area (Å²) in [6.45, 7) is 1.69. The number of hydrogen-bond acceptors (Lipinski definition) is 9. The summed E-state index contributed by atoms with van der Waals surface area (Å²) >= 11 is 0. The average Bonchev–Trinajstić information content (AvgIpc) is 2.94. The fourth-order valence-electron chi connectivity index (χ4n) is 4.13. The number of allylic oxidation sites excluding steroid dienone is 1. The molecule has 4 heterocycles. The smallest absolute Gasteiger partial charge is 0.257 e. The van der Waals surface area contributed by atoms with E-state index in [1.165, 1.54) is 56.9 Å². The predicted molar refractivity (Wildman–Crippen MR) is 142 cm³/mol. The second kappa shape index (κ2) is 10.9. The highest BCUT2D eigenvalue weighted by Gasteiger charge is 2.29. The van der Waals surface area contributed by atoms with Crippen molar-refractivity contribution in [3.63, 3.8) is 0 Å². The van der Waals surface area contributed by atoms with Crippen LogP contribution in [0.1, 0.15) is 12.6 Å². The first-order valence-electron chi connectivity index (χ1n) is 11.9. The van der Waals surface area contributed by atoms with Gasteiger partial charge in [0, 0.05) is 47.6 Å². The number of hydrogen-bond donors (Lipinski definition) is 3. The summed E-state index contributed by atoms with van der Waals surface area (Å²) in [4.78, 5) is 25.6. The first-order chi connectivity index (χ1) is 19.3. The third-order valence-corrected chi connectivity index (χ3v) is 6.11. The van der Waals surface area contributed by atoms with Gasteiger partial charge in [0.1, 0.15) is 17.4 Å². The van der Waals surface area contributed by atoms with E-state index in [2.05, 4.69) is 25.6 Å². The molecule has 0 aliphatic carbocycles. The molecule has 0 saturated carbocycles. The van der Waals surface area contributed by atoms with Crippen LogP contribution in [0.4, 0.5) is 14.5 Å². The number of anilines is 1. The molecule has 0 radical (unpaired) electrons. The minimum atomic E-state index is -1.35. The third kappa shape index (κ3) is 5.12. The van der Waals surface area contributed by atoms with Gasteiger partial charge in [-0.05, 0) is 31.2 Å². The van der Waals surface area contributed by atoms with Crippen molar-refractivity contribution in [1.29, 1.82) is 0 Å². The van der Waals surface area contributed by atoms with Crippen LogP contribution in [0.3, 0.4) is 0 Å². The Morgan fingerprint density at radius 2 is 1.85 bits per heavy atom. The van der Waals surface area contributed by atoms with Crippen LogP contribution in [0.25, 0.3) is 16.6 Å². The van der Waals surface area contributed by atoms with Gasteiger partial charge in [0.2, 0.25) is 0 Å². The normalized spacial score (nSPS) is 14.8. The number of carbonyl (C=O) groups is 1. The van der Waals surface area contributed by atoms with Gasteiger partial charge in [0.05, 0.1) is 37.2 Å². The van der Waals surface area contributed by atoms with Crippen molar-refractivity contribution in [3.05, 3.63) is 89.7 Å². The number of halogens is 2. The van der Waals surface area contributed by atoms with Gasteiger partial charge in [-0.3, -0.25) is 14.8 Å². The molecule has 10 nitrogen and oxygen atoms in total. The zero-order valence-electron chi connectivity index (χ0n) is 21.5. The van der Waals surface area contributed by atoms with Gasteiger partial charge in [-0.15, -0.1) is 0 Å². The van der Waals surface area contributed by atoms with Gasteiger partial charge in [-0.2, -0.15) is 0 Å². The molecule has 12 heteroatoms. The molecule has 1 unspecified atom stereocenters. The highest BCUT2D eigenvalue weighted by Crippen LogP contribution is 2.35. The molecule has 0 fully saturated rings. The summed E-state index contributed by atoms with van der Waals surface area (Å²) in [5.41, 5.74) is 2.04. The largest absolute Gasteiger partial charge is 0.491 e. The molecular formula is C28H23F2N5O5. The van der Waals surface area contributed by atoms with Gasteiger partial charge in [-0.1, -0.05) is 0 Å². The van der Waals surface area contributed by atoms with Crippen LogP contribution in [0, 0.1) is 11.6 Å². The summed E-state index contributed by atoms with van der Waals surface area (Å²) in [6.07, 6.45) is 2.50. The minimum absolute atomic E-state index is 0.0360. The predicted octanol–water partition coefficient (Wildman–Crippen LogP) is 4.33. The molecule has 204 valence electrons. The van der Waals surface area contributed by atoms with Crippen LogP contribution in [-0.4, -0.2) is 46.3 Å². The number of nitrogens with one attached hydrogen (secondary N) is 2. The zero-order chi connectivity index (χ0) is 28.4. The van der Waals surface area contributed by atoms with E-state index in [4.69, 9.17) is 14.2 Å². The molecule has 1 aliphatic rings. The molecule has 1 atom stereocenters. The quantitative estimate of drug-likeness (QED) is 0.310. The van der Waals surface area contributed by atoms with Crippen molar-refractivity contribution in [1.82, 2.24) is 20.3 Å². The topological polar surface area (TPSA) is 128 Å². The van der Waals surface area contributed by atoms with Gasteiger partial charge in [0.15, 0.2) is 23.1 Å². The van der Waals surface area contributed by atoms with E-state index in [0.29, 0.717) is 33.7 Å². The number of methoxy groups -OCH3 is 2. The van der Waals surface area contributed by atoms with Gasteiger partial charge in [-0.25, -0.2) is 13.8 Å². The third-order valence-electron chi connectivity index (χ3n) is 6.11. The van der Waals surface area contributed by atoms with E-state index in [-0.39, 0.29) is 28.6 Å². The lowest BCUT2D eigenvalue weighted by atomic mass is 9.94. The molecule has 3 aromatic heterocycles. The maximum atomic E-state index is 15.1. The number of aliphatic hydroxyl groups is 1. The number of dihydropyridines is 1. The Kier molecular flexibility index (Phi) is 7.25. The van der Waals surface area contributed by atoms with Crippen molar-refractivity contribution < 1.29 is 32.9 Å². The molecule has 0 bridgehead atoms. The lowest BCUT2D eigenvalue weighted by molar-refractivity contribution is -0.113. The number of fused-ring (bicyclic) bond motifs is 1. The van der Waals surface area contributed by atoms with E-state index in [1.807, 2.05) is 0 Å². The van der Waals surface area contributed by atoms with Crippen molar-refractivity contribution in [2.45, 2.75) is 13.0 Å². The molecule has 40 heavy (non-hydrogen) atoms. The summed E-state index contributed by atoms with van der Waals surface area (Å²) < 4.78 is 44.7. The standard InChI is InChI=1S/C28H23F2N5O5/c1-14-24(19-6-4-15(29)12-33-19)26(36)17(13-32-14)27(37)34-16-5-7-21(18(30)10-16)40-22-8-9-31-20-11-23(38-2)28(39-3)35-25(20)22/h4-13,26,32,36H,1-3H3,(H,34,37). The van der Waals surface area contributed by atoms with Crippen molar-refractivity contribution in [2.75, 3.05) is 19.5 Å². The average molecular weight is 548 g/mol. The number of aliphatic hydroxyl groups excluding tert-OH is 1. The van der Waals surface area contributed by atoms with E-state index >= 15 is 4.39 Å². The maximum absolute atomic E-state index is 15.1. The number of carbonyl (C=O) groups excluding carboxylic acids is 1. The summed E-state index contributed by atoms with van der Waals surface area (Å²) in [6, 6.07) is 9.65. The number of benzene rings is 1. The van der Waals surface area contributed by atoms with E-state index in [1.54, 1.807) is 13.0 Å². The molecule has 0 spiro atoms. The van der Waals surface area contributed by atoms with Crippen LogP contribution in [-0.2, 0) is 4.79 Å². The fourth-order valence-corrected chi connectivity index (χ4v) is 4.13. The highest BCUT2D eigenvalue weighted by atomic mass is 19.1. The molecule has 1 amide bonds. The maximum Gasteiger partial charge on any atom is 0.257 e. The summed E-state index contributed by atoms with van der Waals surface area (Å²) in [5, 5.41) is 16.4. The number of ether oxygens (including phenoxy) is 3. The number of amides is 1. The zero-order valence-corrected chi connectivity index (χ0v) is 21.5. The summed E-state index contributed by atoms with van der Waals surface area (Å²) in [5.74, 6) is -1.26. The van der Waals surface area contributed by atoms with Crippen molar-refractivity contribution in [2.24, 2.45) is 0 Å². The van der Waals surface area contributed by atoms with E-state index in [9.17, 15) is 14.3 Å². The Hall–Kier alpha value is -5.10. The fraction of sp³-hybridized carbons (Fsp3) is 0.143. The first-order valence-corrected chi connectivity index (χ1v) is 11.9. The van der Waals surface area contributed by atoms with Crippen LogP contribution in [0.15, 0.2) is 72.3 Å². The Balaban J connectivity index is 1.34. The van der Waals surface area contributed by atoms with Crippen LogP contribution in [0.5, 0.6) is 23.1 Å². The molecule has 1 aromatic carbocycles.